The second-order valence-corrected chi connectivity index (χ2v) is 3.85. The molecule has 0 aliphatic carbocycles. The van der Waals surface area contributed by atoms with Gasteiger partial charge in [-0.15, -0.1) is 0 Å². The summed E-state index contributed by atoms with van der Waals surface area (Å²) >= 11 is 0. The van der Waals surface area contributed by atoms with Gasteiger partial charge in [-0.25, -0.2) is 4.98 Å². The van der Waals surface area contributed by atoms with Crippen LogP contribution in [0.1, 0.15) is 12.1 Å². The largest absolute Gasteiger partial charge is 0.471 e. The van der Waals surface area contributed by atoms with Crippen LogP contribution in [-0.2, 0) is 0 Å². The summed E-state index contributed by atoms with van der Waals surface area (Å²) in [5.41, 5.74) is 5.69. The summed E-state index contributed by atoms with van der Waals surface area (Å²) in [7, 11) is 2.03. The molecule has 1 aromatic heterocycles. The number of ether oxygens (including phenoxy) is 1. The fraction of sp³-hybridized carbons (Fsp3) is 0.500. The summed E-state index contributed by atoms with van der Waals surface area (Å²) in [5, 5.41) is 8.85. The van der Waals surface area contributed by atoms with E-state index >= 15 is 0 Å². The van der Waals surface area contributed by atoms with Crippen molar-refractivity contribution in [3.05, 3.63) is 11.9 Å². The molecule has 0 radical (unpaired) electrons. The Kier molecular flexibility index (Phi) is 2.88. The van der Waals surface area contributed by atoms with E-state index in [0.29, 0.717) is 0 Å². The molecule has 2 N–H and O–H groups in total. The first-order valence-corrected chi connectivity index (χ1v) is 5.07. The van der Waals surface area contributed by atoms with Gasteiger partial charge in [0.05, 0.1) is 6.20 Å². The molecule has 2 rings (SSSR count). The number of nitrogens with two attached hydrogens (primary N) is 1. The first-order chi connectivity index (χ1) is 7.69. The predicted octanol–water partition coefficient (Wildman–Crippen LogP) is 0.0134. The van der Waals surface area contributed by atoms with Gasteiger partial charge in [0.2, 0.25) is 5.69 Å². The number of aromatic nitrogens is 2. The van der Waals surface area contributed by atoms with E-state index in [1.807, 2.05) is 13.1 Å². The lowest BCUT2D eigenvalue weighted by Crippen LogP contribution is -2.22. The Morgan fingerprint density at radius 3 is 3.12 bits per heavy atom. The standard InChI is InChI=1S/C10H13N5O/c1-15-3-2-7(6-15)16-10-8(4-11)13-5-9(12)14-10/h5,7H,2-3,6H2,1H3,(H2,12,14)/t7-/m0/s1. The van der Waals surface area contributed by atoms with Crippen molar-refractivity contribution >= 4 is 5.82 Å². The number of likely N-dealkylation sites (N-methyl/N-ethyl adjacent to an activating group) is 1. The Morgan fingerprint density at radius 1 is 1.69 bits per heavy atom. The highest BCUT2D eigenvalue weighted by molar-refractivity contribution is 5.37. The van der Waals surface area contributed by atoms with Crippen LogP contribution in [0.25, 0.3) is 0 Å². The zero-order valence-electron chi connectivity index (χ0n) is 9.05. The van der Waals surface area contributed by atoms with Gasteiger partial charge in [0.1, 0.15) is 18.0 Å². The third-order valence-electron chi connectivity index (χ3n) is 2.49. The number of nitrogen functional groups attached to an aromatic ring is 1. The van der Waals surface area contributed by atoms with Crippen LogP contribution in [0.15, 0.2) is 6.20 Å². The summed E-state index contributed by atoms with van der Waals surface area (Å²) in [5.74, 6) is 0.503. The van der Waals surface area contributed by atoms with Crippen LogP contribution in [-0.4, -0.2) is 41.1 Å². The molecule has 1 aliphatic rings. The van der Waals surface area contributed by atoms with E-state index < -0.39 is 0 Å². The van der Waals surface area contributed by atoms with Crippen LogP contribution in [0.2, 0.25) is 0 Å². The minimum atomic E-state index is 0.0631. The minimum absolute atomic E-state index is 0.0631. The minimum Gasteiger partial charge on any atom is -0.471 e. The maximum Gasteiger partial charge on any atom is 0.253 e. The molecule has 6 heteroatoms. The van der Waals surface area contributed by atoms with Crippen molar-refractivity contribution in [2.45, 2.75) is 12.5 Å². The topological polar surface area (TPSA) is 88.1 Å². The fourth-order valence-electron chi connectivity index (χ4n) is 1.69. The fourth-order valence-corrected chi connectivity index (χ4v) is 1.69. The average molecular weight is 219 g/mol. The Morgan fingerprint density at radius 2 is 2.50 bits per heavy atom. The van der Waals surface area contributed by atoms with Gasteiger partial charge in [-0.2, -0.15) is 10.2 Å². The molecule has 2 heterocycles. The second kappa shape index (κ2) is 4.33. The van der Waals surface area contributed by atoms with Crippen LogP contribution in [0.5, 0.6) is 5.88 Å². The van der Waals surface area contributed by atoms with Crippen molar-refractivity contribution in [1.82, 2.24) is 14.9 Å². The van der Waals surface area contributed by atoms with Gasteiger partial charge in [0.15, 0.2) is 0 Å². The summed E-state index contributed by atoms with van der Waals surface area (Å²) in [6.07, 6.45) is 2.34. The molecule has 0 amide bonds. The number of likely N-dealkylation sites (tertiary alicyclic amines) is 1. The summed E-state index contributed by atoms with van der Waals surface area (Å²) in [4.78, 5) is 10.0. The lowest BCUT2D eigenvalue weighted by Gasteiger charge is -2.13. The molecular formula is C10H13N5O. The lowest BCUT2D eigenvalue weighted by molar-refractivity contribution is 0.199. The molecule has 1 aromatic rings. The molecule has 84 valence electrons. The first-order valence-electron chi connectivity index (χ1n) is 5.07. The number of hydrogen-bond acceptors (Lipinski definition) is 6. The molecule has 0 bridgehead atoms. The van der Waals surface area contributed by atoms with Crippen molar-refractivity contribution in [1.29, 1.82) is 5.26 Å². The summed E-state index contributed by atoms with van der Waals surface area (Å²) in [6.45, 7) is 1.82. The van der Waals surface area contributed by atoms with E-state index in [4.69, 9.17) is 15.7 Å². The highest BCUT2D eigenvalue weighted by Gasteiger charge is 2.22. The van der Waals surface area contributed by atoms with E-state index in [1.54, 1.807) is 0 Å². The molecule has 1 saturated heterocycles. The monoisotopic (exact) mass is 219 g/mol. The zero-order chi connectivity index (χ0) is 11.5. The molecule has 1 fully saturated rings. The molecule has 0 saturated carbocycles. The molecule has 0 unspecified atom stereocenters. The number of anilines is 1. The SMILES string of the molecule is CN1CC[C@H](Oc2nc(N)cnc2C#N)C1. The Labute approximate surface area is 93.7 Å². The highest BCUT2D eigenvalue weighted by Crippen LogP contribution is 2.18. The summed E-state index contributed by atoms with van der Waals surface area (Å²) < 4.78 is 5.63. The Hall–Kier alpha value is -1.87. The van der Waals surface area contributed by atoms with E-state index in [2.05, 4.69) is 14.9 Å². The molecule has 0 spiro atoms. The van der Waals surface area contributed by atoms with Gasteiger partial charge in [-0.3, -0.25) is 0 Å². The van der Waals surface area contributed by atoms with Crippen LogP contribution >= 0.6 is 0 Å². The van der Waals surface area contributed by atoms with Gasteiger partial charge >= 0.3 is 0 Å². The van der Waals surface area contributed by atoms with E-state index in [1.165, 1.54) is 6.20 Å². The van der Waals surface area contributed by atoms with Gasteiger partial charge in [0.25, 0.3) is 5.88 Å². The summed E-state index contributed by atoms with van der Waals surface area (Å²) in [6, 6.07) is 1.94. The third-order valence-corrected chi connectivity index (χ3v) is 2.49. The van der Waals surface area contributed by atoms with Crippen molar-refractivity contribution in [2.24, 2.45) is 0 Å². The smallest absolute Gasteiger partial charge is 0.253 e. The zero-order valence-corrected chi connectivity index (χ0v) is 9.05. The van der Waals surface area contributed by atoms with Crippen LogP contribution < -0.4 is 10.5 Å². The molecule has 0 aromatic carbocycles. The average Bonchev–Trinajstić information content (AvgIpc) is 2.64. The predicted molar refractivity (Wildman–Crippen MR) is 57.7 cm³/mol. The number of nitriles is 1. The van der Waals surface area contributed by atoms with Crippen molar-refractivity contribution in [3.63, 3.8) is 0 Å². The van der Waals surface area contributed by atoms with Crippen LogP contribution in [0.3, 0.4) is 0 Å². The lowest BCUT2D eigenvalue weighted by atomic mass is 10.3. The van der Waals surface area contributed by atoms with E-state index in [-0.39, 0.29) is 23.5 Å². The second-order valence-electron chi connectivity index (χ2n) is 3.85. The first kappa shape index (κ1) is 10.6. The van der Waals surface area contributed by atoms with Crippen molar-refractivity contribution < 1.29 is 4.74 Å². The van der Waals surface area contributed by atoms with Gasteiger partial charge < -0.3 is 15.4 Å². The van der Waals surface area contributed by atoms with Gasteiger partial charge in [-0.1, -0.05) is 0 Å². The molecule has 1 aliphatic heterocycles. The molecular weight excluding hydrogens is 206 g/mol. The quantitative estimate of drug-likeness (QED) is 0.754. The van der Waals surface area contributed by atoms with E-state index in [9.17, 15) is 0 Å². The molecule has 1 atom stereocenters. The highest BCUT2D eigenvalue weighted by atomic mass is 16.5. The normalized spacial score (nSPS) is 20.6. The van der Waals surface area contributed by atoms with Crippen molar-refractivity contribution in [2.75, 3.05) is 25.9 Å². The maximum absolute atomic E-state index is 8.85. The van der Waals surface area contributed by atoms with Gasteiger partial charge in [0, 0.05) is 13.1 Å². The van der Waals surface area contributed by atoms with Crippen LogP contribution in [0, 0.1) is 11.3 Å². The number of hydrogen-bond donors (Lipinski definition) is 1. The maximum atomic E-state index is 8.85. The van der Waals surface area contributed by atoms with E-state index in [0.717, 1.165) is 19.5 Å². The van der Waals surface area contributed by atoms with Crippen molar-refractivity contribution in [3.8, 4) is 11.9 Å². The Bertz CT molecular complexity index is 428. The number of rotatable bonds is 2. The number of nitrogens with zero attached hydrogens (tertiary/aromatic N) is 4. The molecule has 16 heavy (non-hydrogen) atoms. The van der Waals surface area contributed by atoms with Crippen LogP contribution in [0.4, 0.5) is 5.82 Å². The van der Waals surface area contributed by atoms with Gasteiger partial charge in [-0.05, 0) is 13.5 Å². The third kappa shape index (κ3) is 2.20. The molecule has 6 nitrogen and oxygen atoms in total. The Balaban J connectivity index is 2.14.